The number of carbonyl (C=O) groups excluding carboxylic acids is 1. The number of esters is 1. The molecule has 0 saturated heterocycles. The first-order chi connectivity index (χ1) is 9.69. The fourth-order valence-electron chi connectivity index (χ4n) is 2.19. The van der Waals surface area contributed by atoms with Crippen molar-refractivity contribution in [3.63, 3.8) is 0 Å². The summed E-state index contributed by atoms with van der Waals surface area (Å²) in [6.45, 7) is 9.88. The predicted octanol–water partition coefficient (Wildman–Crippen LogP) is 4.21. The number of nitrogens with two attached hydrogens (primary N) is 1. The Balaban J connectivity index is 2.32. The van der Waals surface area contributed by atoms with Gasteiger partial charge in [-0.05, 0) is 64.2 Å². The van der Waals surface area contributed by atoms with Gasteiger partial charge in [0.15, 0.2) is 0 Å². The summed E-state index contributed by atoms with van der Waals surface area (Å²) in [6, 6.07) is 6.42. The average Bonchev–Trinajstić information content (AvgIpc) is 2.35. The minimum absolute atomic E-state index is 0.0444. The molecule has 0 aliphatic heterocycles. The molecule has 0 spiro atoms. The Kier molecular flexibility index (Phi) is 6.41. The molecular formula is C18H29NO2. The summed E-state index contributed by atoms with van der Waals surface area (Å²) < 4.78 is 5.29. The highest BCUT2D eigenvalue weighted by molar-refractivity contribution is 5.69. The van der Waals surface area contributed by atoms with E-state index in [1.807, 2.05) is 20.8 Å². The van der Waals surface area contributed by atoms with Gasteiger partial charge in [-0.1, -0.05) is 24.6 Å². The number of benzene rings is 1. The molecule has 1 atom stereocenters. The third-order valence-electron chi connectivity index (χ3n) is 3.53. The van der Waals surface area contributed by atoms with Crippen LogP contribution in [0.1, 0.15) is 69.2 Å². The molecule has 3 heteroatoms. The number of ether oxygens (including phenoxy) is 1. The molecule has 1 aromatic rings. The van der Waals surface area contributed by atoms with Crippen molar-refractivity contribution in [2.75, 3.05) is 0 Å². The number of hydrogen-bond acceptors (Lipinski definition) is 3. The van der Waals surface area contributed by atoms with E-state index in [0.717, 1.165) is 19.3 Å². The zero-order chi connectivity index (χ0) is 16.0. The van der Waals surface area contributed by atoms with E-state index in [4.69, 9.17) is 10.5 Å². The van der Waals surface area contributed by atoms with Crippen LogP contribution in [0.3, 0.4) is 0 Å². The summed E-state index contributed by atoms with van der Waals surface area (Å²) in [5.41, 5.74) is 9.56. The van der Waals surface area contributed by atoms with Gasteiger partial charge in [0, 0.05) is 12.5 Å². The molecule has 0 amide bonds. The van der Waals surface area contributed by atoms with Crippen LogP contribution in [0, 0.1) is 13.8 Å². The Morgan fingerprint density at radius 3 is 2.43 bits per heavy atom. The Bertz CT molecular complexity index is 475. The molecule has 1 aromatic carbocycles. The average molecular weight is 291 g/mol. The largest absolute Gasteiger partial charge is 0.460 e. The van der Waals surface area contributed by atoms with Crippen LogP contribution in [0.15, 0.2) is 18.2 Å². The van der Waals surface area contributed by atoms with Gasteiger partial charge < -0.3 is 10.5 Å². The maximum Gasteiger partial charge on any atom is 0.306 e. The molecule has 0 bridgehead atoms. The minimum atomic E-state index is -0.396. The second kappa shape index (κ2) is 7.60. The van der Waals surface area contributed by atoms with E-state index in [2.05, 4.69) is 32.0 Å². The smallest absolute Gasteiger partial charge is 0.306 e. The molecule has 118 valence electrons. The van der Waals surface area contributed by atoms with Crippen molar-refractivity contribution in [3.05, 3.63) is 34.9 Å². The van der Waals surface area contributed by atoms with E-state index in [0.29, 0.717) is 6.42 Å². The van der Waals surface area contributed by atoms with E-state index < -0.39 is 5.60 Å². The summed E-state index contributed by atoms with van der Waals surface area (Å²) in [7, 11) is 0. The lowest BCUT2D eigenvalue weighted by Gasteiger charge is -2.19. The molecule has 0 heterocycles. The van der Waals surface area contributed by atoms with Gasteiger partial charge in [-0.3, -0.25) is 4.79 Å². The standard InChI is InChI=1S/C18H29NO2/c1-13-10-11-15(12-14(13)2)16(19)8-6-7-9-17(20)21-18(3,4)5/h10-12,16H,6-9,19H2,1-5H3/t16-/m1/s1. The third kappa shape index (κ3) is 6.76. The molecule has 0 aliphatic carbocycles. The third-order valence-corrected chi connectivity index (χ3v) is 3.53. The Morgan fingerprint density at radius 2 is 1.86 bits per heavy atom. The molecule has 0 fully saturated rings. The van der Waals surface area contributed by atoms with Crippen LogP contribution in [-0.4, -0.2) is 11.6 Å². The SMILES string of the molecule is Cc1ccc([C@H](N)CCCCC(=O)OC(C)(C)C)cc1C. The maximum atomic E-state index is 11.6. The molecular weight excluding hydrogens is 262 g/mol. The number of aryl methyl sites for hydroxylation is 2. The lowest BCUT2D eigenvalue weighted by molar-refractivity contribution is -0.154. The zero-order valence-electron chi connectivity index (χ0n) is 14.0. The van der Waals surface area contributed by atoms with Crippen molar-refractivity contribution in [1.82, 2.24) is 0 Å². The number of hydrogen-bond donors (Lipinski definition) is 1. The van der Waals surface area contributed by atoms with Crippen LogP contribution in [0.2, 0.25) is 0 Å². The number of rotatable bonds is 6. The van der Waals surface area contributed by atoms with Crippen LogP contribution in [0.4, 0.5) is 0 Å². The molecule has 2 N–H and O–H groups in total. The summed E-state index contributed by atoms with van der Waals surface area (Å²) >= 11 is 0. The van der Waals surface area contributed by atoms with Crippen molar-refractivity contribution >= 4 is 5.97 Å². The molecule has 0 aliphatic rings. The second-order valence-electron chi connectivity index (χ2n) is 6.78. The van der Waals surface area contributed by atoms with E-state index in [1.165, 1.54) is 16.7 Å². The van der Waals surface area contributed by atoms with Gasteiger partial charge in [0.1, 0.15) is 5.60 Å². The summed E-state index contributed by atoms with van der Waals surface area (Å²) in [4.78, 5) is 11.6. The molecule has 0 aromatic heterocycles. The first-order valence-electron chi connectivity index (χ1n) is 7.73. The van der Waals surface area contributed by atoms with Crippen LogP contribution >= 0.6 is 0 Å². The van der Waals surface area contributed by atoms with E-state index in [9.17, 15) is 4.79 Å². The van der Waals surface area contributed by atoms with Crippen LogP contribution in [0.5, 0.6) is 0 Å². The number of unbranched alkanes of at least 4 members (excludes halogenated alkanes) is 1. The molecule has 0 unspecified atom stereocenters. The summed E-state index contributed by atoms with van der Waals surface area (Å²) in [5, 5.41) is 0. The second-order valence-corrected chi connectivity index (χ2v) is 6.78. The lowest BCUT2D eigenvalue weighted by Crippen LogP contribution is -2.23. The van der Waals surface area contributed by atoms with Crippen LogP contribution < -0.4 is 5.73 Å². The van der Waals surface area contributed by atoms with Crippen molar-refractivity contribution in [2.45, 2.75) is 71.9 Å². The van der Waals surface area contributed by atoms with Crippen LogP contribution in [-0.2, 0) is 9.53 Å². The van der Waals surface area contributed by atoms with E-state index >= 15 is 0 Å². The van der Waals surface area contributed by atoms with E-state index in [-0.39, 0.29) is 12.0 Å². The highest BCUT2D eigenvalue weighted by Gasteiger charge is 2.15. The topological polar surface area (TPSA) is 52.3 Å². The normalized spacial score (nSPS) is 13.0. The summed E-state index contributed by atoms with van der Waals surface area (Å²) in [6.07, 6.45) is 3.13. The molecule has 21 heavy (non-hydrogen) atoms. The fourth-order valence-corrected chi connectivity index (χ4v) is 2.19. The molecule has 0 saturated carbocycles. The van der Waals surface area contributed by atoms with Crippen molar-refractivity contribution in [2.24, 2.45) is 5.73 Å². The van der Waals surface area contributed by atoms with Gasteiger partial charge in [-0.2, -0.15) is 0 Å². The quantitative estimate of drug-likeness (QED) is 0.631. The Labute approximate surface area is 128 Å². The lowest BCUT2D eigenvalue weighted by atomic mass is 9.98. The molecule has 3 nitrogen and oxygen atoms in total. The Morgan fingerprint density at radius 1 is 1.19 bits per heavy atom. The maximum absolute atomic E-state index is 11.6. The van der Waals surface area contributed by atoms with Gasteiger partial charge in [0.05, 0.1) is 0 Å². The minimum Gasteiger partial charge on any atom is -0.460 e. The first-order valence-corrected chi connectivity index (χ1v) is 7.73. The highest BCUT2D eigenvalue weighted by atomic mass is 16.6. The van der Waals surface area contributed by atoms with Gasteiger partial charge in [-0.15, -0.1) is 0 Å². The van der Waals surface area contributed by atoms with Gasteiger partial charge >= 0.3 is 5.97 Å². The zero-order valence-corrected chi connectivity index (χ0v) is 14.0. The monoisotopic (exact) mass is 291 g/mol. The number of carbonyl (C=O) groups is 1. The van der Waals surface area contributed by atoms with Gasteiger partial charge in [0.25, 0.3) is 0 Å². The highest BCUT2D eigenvalue weighted by Crippen LogP contribution is 2.20. The van der Waals surface area contributed by atoms with Crippen molar-refractivity contribution in [3.8, 4) is 0 Å². The first kappa shape index (κ1) is 17.7. The molecule has 1 rings (SSSR count). The fraction of sp³-hybridized carbons (Fsp3) is 0.611. The Hall–Kier alpha value is -1.35. The van der Waals surface area contributed by atoms with Crippen molar-refractivity contribution in [1.29, 1.82) is 0 Å². The van der Waals surface area contributed by atoms with Crippen molar-refractivity contribution < 1.29 is 9.53 Å². The van der Waals surface area contributed by atoms with Gasteiger partial charge in [-0.25, -0.2) is 0 Å². The molecule has 0 radical (unpaired) electrons. The van der Waals surface area contributed by atoms with Gasteiger partial charge in [0.2, 0.25) is 0 Å². The predicted molar refractivity (Wildman–Crippen MR) is 87.2 cm³/mol. The van der Waals surface area contributed by atoms with Crippen LogP contribution in [0.25, 0.3) is 0 Å². The van der Waals surface area contributed by atoms with E-state index in [1.54, 1.807) is 0 Å². The summed E-state index contributed by atoms with van der Waals surface area (Å²) in [5.74, 6) is -0.123.